The number of nitrogens with zero attached hydrogens (tertiary/aromatic N) is 6. The third-order valence-electron chi connectivity index (χ3n) is 7.35. The quantitative estimate of drug-likeness (QED) is 0.334. The maximum atomic E-state index is 6.81. The summed E-state index contributed by atoms with van der Waals surface area (Å²) >= 11 is 8.48. The van der Waals surface area contributed by atoms with Crippen LogP contribution in [0.15, 0.2) is 48.1 Å². The van der Waals surface area contributed by atoms with Crippen LogP contribution < -0.4 is 5.73 Å². The Hall–Kier alpha value is -3.07. The molecule has 2 aliphatic rings. The molecule has 1 saturated carbocycles. The molecule has 0 atom stereocenters. The van der Waals surface area contributed by atoms with Gasteiger partial charge in [-0.3, -0.25) is 0 Å². The summed E-state index contributed by atoms with van der Waals surface area (Å²) in [6.07, 6.45) is 5.06. The molecule has 0 amide bonds. The lowest BCUT2D eigenvalue weighted by Gasteiger charge is -2.41. The number of halogens is 1. The van der Waals surface area contributed by atoms with E-state index in [9.17, 15) is 0 Å². The van der Waals surface area contributed by atoms with Gasteiger partial charge in [-0.2, -0.15) is 5.10 Å². The molecule has 35 heavy (non-hydrogen) atoms. The summed E-state index contributed by atoms with van der Waals surface area (Å²) in [5.74, 6) is 1.13. The molecule has 1 aromatic carbocycles. The summed E-state index contributed by atoms with van der Waals surface area (Å²) in [6.45, 7) is 3.67. The van der Waals surface area contributed by atoms with Gasteiger partial charge in [0.1, 0.15) is 17.8 Å². The number of likely N-dealkylation sites (tertiary alicyclic amines) is 1. The Balaban J connectivity index is 1.31. The molecule has 7 nitrogen and oxygen atoms in total. The van der Waals surface area contributed by atoms with Crippen LogP contribution in [-0.4, -0.2) is 49.3 Å². The van der Waals surface area contributed by atoms with Crippen LogP contribution in [0.1, 0.15) is 25.3 Å². The lowest BCUT2D eigenvalue weighted by atomic mass is 9.79. The minimum atomic E-state index is 0.314. The van der Waals surface area contributed by atoms with Crippen LogP contribution in [-0.2, 0) is 0 Å². The van der Waals surface area contributed by atoms with E-state index in [1.807, 2.05) is 28.9 Å². The molecule has 9 heteroatoms. The van der Waals surface area contributed by atoms with Crippen molar-refractivity contribution in [2.75, 3.05) is 25.4 Å². The first kappa shape index (κ1) is 21.2. The molecule has 0 radical (unpaired) electrons. The average molecular weight is 502 g/mol. The van der Waals surface area contributed by atoms with Gasteiger partial charge in [0.05, 0.1) is 32.5 Å². The second-order valence-electron chi connectivity index (χ2n) is 9.59. The number of anilines is 1. The van der Waals surface area contributed by atoms with Crippen molar-refractivity contribution < 1.29 is 0 Å². The maximum Gasteiger partial charge on any atom is 0.164 e. The number of thiophene rings is 1. The number of hydrogen-bond acceptors (Lipinski definition) is 7. The zero-order valence-electron chi connectivity index (χ0n) is 19.1. The first-order chi connectivity index (χ1) is 17.1. The zero-order valence-corrected chi connectivity index (χ0v) is 20.6. The molecule has 2 fully saturated rings. The number of nitrogens with two attached hydrogens (primary N) is 1. The van der Waals surface area contributed by atoms with E-state index in [4.69, 9.17) is 27.4 Å². The molecule has 7 rings (SSSR count). The van der Waals surface area contributed by atoms with E-state index < -0.39 is 0 Å². The van der Waals surface area contributed by atoms with Gasteiger partial charge in [-0.1, -0.05) is 23.7 Å². The van der Waals surface area contributed by atoms with Crippen molar-refractivity contribution in [1.29, 1.82) is 0 Å². The summed E-state index contributed by atoms with van der Waals surface area (Å²) in [7, 11) is 0. The van der Waals surface area contributed by atoms with E-state index in [0.29, 0.717) is 22.8 Å². The molecule has 5 aromatic rings. The summed E-state index contributed by atoms with van der Waals surface area (Å²) in [6, 6.07) is 12.5. The van der Waals surface area contributed by atoms with Crippen molar-refractivity contribution in [2.45, 2.75) is 25.3 Å². The Morgan fingerprint density at radius 1 is 1.11 bits per heavy atom. The van der Waals surface area contributed by atoms with E-state index >= 15 is 0 Å². The number of benzene rings is 1. The highest BCUT2D eigenvalue weighted by atomic mass is 35.5. The van der Waals surface area contributed by atoms with Crippen LogP contribution >= 0.6 is 22.9 Å². The molecular weight excluding hydrogens is 478 g/mol. The Morgan fingerprint density at radius 2 is 2.00 bits per heavy atom. The molecule has 0 bridgehead atoms. The van der Waals surface area contributed by atoms with Gasteiger partial charge in [-0.15, -0.1) is 11.3 Å². The third-order valence-corrected chi connectivity index (χ3v) is 8.55. The van der Waals surface area contributed by atoms with E-state index in [1.165, 1.54) is 32.4 Å². The second kappa shape index (κ2) is 8.26. The average Bonchev–Trinajstić information content (AvgIpc) is 3.46. The number of aromatic nitrogens is 5. The smallest absolute Gasteiger partial charge is 0.164 e. The van der Waals surface area contributed by atoms with Gasteiger partial charge >= 0.3 is 0 Å². The highest BCUT2D eigenvalue weighted by Gasteiger charge is 2.35. The number of fused-ring (bicyclic) bond motifs is 2. The van der Waals surface area contributed by atoms with E-state index in [0.717, 1.165) is 56.6 Å². The molecule has 4 aromatic heterocycles. The fraction of sp³-hybridized carbons (Fsp3) is 0.308. The van der Waals surface area contributed by atoms with Gasteiger partial charge < -0.3 is 10.6 Å². The van der Waals surface area contributed by atoms with Gasteiger partial charge in [-0.25, -0.2) is 19.6 Å². The number of hydrogen-bond donors (Lipinski definition) is 1. The van der Waals surface area contributed by atoms with Crippen molar-refractivity contribution in [3.05, 3.63) is 53.1 Å². The van der Waals surface area contributed by atoms with Crippen LogP contribution in [0.2, 0.25) is 5.02 Å². The van der Waals surface area contributed by atoms with Crippen LogP contribution in [0.5, 0.6) is 0 Å². The number of rotatable bonds is 5. The van der Waals surface area contributed by atoms with Crippen LogP contribution in [0.3, 0.4) is 0 Å². The van der Waals surface area contributed by atoms with Crippen molar-refractivity contribution in [1.82, 2.24) is 29.6 Å². The van der Waals surface area contributed by atoms with E-state index in [2.05, 4.69) is 32.4 Å². The van der Waals surface area contributed by atoms with E-state index in [-0.39, 0.29) is 0 Å². The summed E-state index contributed by atoms with van der Waals surface area (Å²) in [5, 5.41) is 9.46. The number of pyridine rings is 1. The minimum Gasteiger partial charge on any atom is -0.383 e. The fourth-order valence-electron chi connectivity index (χ4n) is 5.30. The Bertz CT molecular complexity index is 1550. The largest absolute Gasteiger partial charge is 0.383 e. The molecule has 0 unspecified atom stereocenters. The van der Waals surface area contributed by atoms with Crippen LogP contribution in [0.4, 0.5) is 5.82 Å². The summed E-state index contributed by atoms with van der Waals surface area (Å²) < 4.78 is 2.05. The third kappa shape index (κ3) is 3.59. The van der Waals surface area contributed by atoms with E-state index in [1.54, 1.807) is 11.3 Å². The first-order valence-electron chi connectivity index (χ1n) is 12.0. The van der Waals surface area contributed by atoms with Crippen LogP contribution in [0, 0.1) is 5.92 Å². The van der Waals surface area contributed by atoms with Gasteiger partial charge in [0.2, 0.25) is 0 Å². The highest BCUT2D eigenvalue weighted by Crippen LogP contribution is 2.43. The minimum absolute atomic E-state index is 0.314. The molecule has 176 valence electrons. The molecule has 1 saturated heterocycles. The Kier molecular flexibility index (Phi) is 5.01. The SMILES string of the molecule is Nc1ncnc2c1c(-c1cc3nc(-c4cccs4)ccc3cc1Cl)nn2C1CC(CN2CCC2)C1. The lowest BCUT2D eigenvalue weighted by Crippen LogP contribution is -2.44. The normalized spacial score (nSPS) is 20.3. The second-order valence-corrected chi connectivity index (χ2v) is 10.9. The van der Waals surface area contributed by atoms with Crippen molar-refractivity contribution in [3.63, 3.8) is 0 Å². The molecule has 1 aliphatic heterocycles. The lowest BCUT2D eigenvalue weighted by molar-refractivity contribution is 0.0880. The standard InChI is InChI=1S/C26H24ClN7S/c27-19-11-16-4-5-20(22-3-1-8-35-22)31-21(16)12-18(19)24-23-25(28)29-14-30-26(23)34(32-24)17-9-15(10-17)13-33-6-2-7-33/h1,3-5,8,11-12,14-15,17H,2,6-7,9-10,13H2,(H2,28,29,30). The summed E-state index contributed by atoms with van der Waals surface area (Å²) in [5.41, 5.74) is 10.5. The van der Waals surface area contributed by atoms with Gasteiger partial charge in [0.15, 0.2) is 5.65 Å². The van der Waals surface area contributed by atoms with Gasteiger partial charge in [-0.05, 0) is 67.9 Å². The predicted molar refractivity (Wildman–Crippen MR) is 142 cm³/mol. The monoisotopic (exact) mass is 501 g/mol. The molecular formula is C26H24ClN7S. The van der Waals surface area contributed by atoms with Crippen LogP contribution in [0.25, 0.3) is 43.8 Å². The Morgan fingerprint density at radius 3 is 2.77 bits per heavy atom. The molecule has 0 spiro atoms. The van der Waals surface area contributed by atoms with Crippen molar-refractivity contribution in [2.24, 2.45) is 5.92 Å². The zero-order chi connectivity index (χ0) is 23.5. The van der Waals surface area contributed by atoms with Gasteiger partial charge in [0.25, 0.3) is 0 Å². The molecule has 2 N–H and O–H groups in total. The van der Waals surface area contributed by atoms with Crippen molar-refractivity contribution in [3.8, 4) is 21.8 Å². The first-order valence-corrected chi connectivity index (χ1v) is 13.3. The number of nitrogen functional groups attached to an aromatic ring is 1. The Labute approximate surface area is 211 Å². The molecule has 1 aliphatic carbocycles. The molecule has 5 heterocycles. The fourth-order valence-corrected chi connectivity index (χ4v) is 6.26. The highest BCUT2D eigenvalue weighted by molar-refractivity contribution is 7.13. The topological polar surface area (TPSA) is 85.7 Å². The maximum absolute atomic E-state index is 6.81. The summed E-state index contributed by atoms with van der Waals surface area (Å²) in [4.78, 5) is 17.5. The van der Waals surface area contributed by atoms with Crippen molar-refractivity contribution >= 4 is 50.7 Å². The van der Waals surface area contributed by atoms with Gasteiger partial charge in [0, 0.05) is 17.5 Å². The predicted octanol–water partition coefficient (Wildman–Crippen LogP) is 5.66.